The van der Waals surface area contributed by atoms with Gasteiger partial charge in [0.25, 0.3) is 0 Å². The van der Waals surface area contributed by atoms with Gasteiger partial charge in [0.05, 0.1) is 6.04 Å². The highest BCUT2D eigenvalue weighted by Crippen LogP contribution is 2.26. The molecule has 0 radical (unpaired) electrons. The zero-order chi connectivity index (χ0) is 8.27. The van der Waals surface area contributed by atoms with Crippen molar-refractivity contribution in [3.63, 3.8) is 0 Å². The van der Waals surface area contributed by atoms with E-state index in [9.17, 15) is 4.79 Å². The van der Waals surface area contributed by atoms with E-state index in [-0.39, 0.29) is 17.9 Å². The lowest BCUT2D eigenvalue weighted by Gasteiger charge is -2.24. The first-order valence-corrected chi connectivity index (χ1v) is 4.00. The average Bonchev–Trinajstić information content (AvgIpc) is 1.83. The van der Waals surface area contributed by atoms with E-state index in [0.717, 1.165) is 12.8 Å². The van der Waals surface area contributed by atoms with Gasteiger partial charge >= 0.3 is 0 Å². The molecule has 1 saturated carbocycles. The summed E-state index contributed by atoms with van der Waals surface area (Å²) >= 11 is 0. The van der Waals surface area contributed by atoms with Crippen LogP contribution in [-0.4, -0.2) is 11.9 Å². The Kier molecular flexibility index (Phi) is 2.53. The number of terminal acetylenes is 1. The number of amides is 1. The summed E-state index contributed by atoms with van der Waals surface area (Å²) in [6.07, 6.45) is 8.36. The second kappa shape index (κ2) is 3.43. The molecule has 1 atom stereocenters. The molecule has 0 aromatic rings. The Labute approximate surface area is 67.4 Å². The van der Waals surface area contributed by atoms with Gasteiger partial charge < -0.3 is 5.32 Å². The number of carbonyl (C=O) groups excluding carboxylic acids is 1. The molecule has 1 aliphatic rings. The van der Waals surface area contributed by atoms with Crippen molar-refractivity contribution >= 4 is 5.91 Å². The van der Waals surface area contributed by atoms with Crippen molar-refractivity contribution in [1.82, 2.24) is 5.32 Å². The van der Waals surface area contributed by atoms with Crippen LogP contribution in [0.3, 0.4) is 0 Å². The lowest BCUT2D eigenvalue weighted by Crippen LogP contribution is -2.38. The van der Waals surface area contributed by atoms with Crippen molar-refractivity contribution in [2.75, 3.05) is 0 Å². The normalized spacial score (nSPS) is 19.6. The fourth-order valence-electron chi connectivity index (χ4n) is 1.04. The fourth-order valence-corrected chi connectivity index (χ4v) is 1.04. The van der Waals surface area contributed by atoms with Crippen LogP contribution in [0.25, 0.3) is 0 Å². The summed E-state index contributed by atoms with van der Waals surface area (Å²) in [7, 11) is 0. The molecule has 1 rings (SSSR count). The number of hydrogen-bond donors (Lipinski definition) is 1. The summed E-state index contributed by atoms with van der Waals surface area (Å²) in [5.74, 6) is 2.83. The third-order valence-electron chi connectivity index (χ3n) is 2.08. The lowest BCUT2D eigenvalue weighted by atomic mass is 9.85. The topological polar surface area (TPSA) is 29.1 Å². The van der Waals surface area contributed by atoms with Crippen LogP contribution in [0, 0.1) is 18.3 Å². The Morgan fingerprint density at radius 3 is 2.73 bits per heavy atom. The molecule has 0 spiro atoms. The van der Waals surface area contributed by atoms with Crippen molar-refractivity contribution in [1.29, 1.82) is 0 Å². The molecular formula is C9H13NO. The zero-order valence-corrected chi connectivity index (χ0v) is 6.76. The van der Waals surface area contributed by atoms with Gasteiger partial charge in [-0.2, -0.15) is 0 Å². The molecule has 11 heavy (non-hydrogen) atoms. The molecule has 0 aromatic carbocycles. The van der Waals surface area contributed by atoms with Crippen LogP contribution in [0.5, 0.6) is 0 Å². The first-order valence-electron chi connectivity index (χ1n) is 4.00. The molecule has 1 N–H and O–H groups in total. The molecule has 2 heteroatoms. The minimum Gasteiger partial charge on any atom is -0.343 e. The Bertz CT molecular complexity index is 188. The molecule has 0 aliphatic heterocycles. The van der Waals surface area contributed by atoms with Gasteiger partial charge in [0, 0.05) is 5.92 Å². The molecule has 1 fully saturated rings. The van der Waals surface area contributed by atoms with Gasteiger partial charge in [0.15, 0.2) is 0 Å². The maximum Gasteiger partial charge on any atom is 0.224 e. The summed E-state index contributed by atoms with van der Waals surface area (Å²) in [4.78, 5) is 11.2. The second-order valence-corrected chi connectivity index (χ2v) is 3.02. The highest BCUT2D eigenvalue weighted by atomic mass is 16.1. The summed E-state index contributed by atoms with van der Waals surface area (Å²) in [6, 6.07) is -0.122. The molecule has 2 nitrogen and oxygen atoms in total. The van der Waals surface area contributed by atoms with Crippen LogP contribution in [0.15, 0.2) is 0 Å². The number of nitrogens with one attached hydrogen (secondary N) is 1. The van der Waals surface area contributed by atoms with Gasteiger partial charge in [-0.15, -0.1) is 6.42 Å². The van der Waals surface area contributed by atoms with E-state index in [1.165, 1.54) is 6.42 Å². The Hall–Kier alpha value is -0.970. The number of hydrogen-bond acceptors (Lipinski definition) is 1. The predicted molar refractivity (Wildman–Crippen MR) is 43.8 cm³/mol. The predicted octanol–water partition coefficient (Wildman–Crippen LogP) is 0.924. The average molecular weight is 151 g/mol. The lowest BCUT2D eigenvalue weighted by molar-refractivity contribution is -0.127. The number of carbonyl (C=O) groups is 1. The van der Waals surface area contributed by atoms with Crippen LogP contribution >= 0.6 is 0 Å². The van der Waals surface area contributed by atoms with Gasteiger partial charge in [0.2, 0.25) is 5.91 Å². The van der Waals surface area contributed by atoms with Crippen LogP contribution in [0.2, 0.25) is 0 Å². The zero-order valence-electron chi connectivity index (χ0n) is 6.76. The van der Waals surface area contributed by atoms with E-state index < -0.39 is 0 Å². The summed E-state index contributed by atoms with van der Waals surface area (Å²) in [6.45, 7) is 1.82. The molecule has 0 aromatic heterocycles. The fraction of sp³-hybridized carbons (Fsp3) is 0.667. The monoisotopic (exact) mass is 151 g/mol. The van der Waals surface area contributed by atoms with E-state index in [1.54, 1.807) is 0 Å². The minimum absolute atomic E-state index is 0.122. The minimum atomic E-state index is -0.122. The highest BCUT2D eigenvalue weighted by Gasteiger charge is 2.25. The molecule has 60 valence electrons. The summed E-state index contributed by atoms with van der Waals surface area (Å²) in [5.41, 5.74) is 0. The van der Waals surface area contributed by atoms with Crippen molar-refractivity contribution in [3.05, 3.63) is 0 Å². The molecule has 1 amide bonds. The van der Waals surface area contributed by atoms with Crippen LogP contribution in [0.4, 0.5) is 0 Å². The maximum absolute atomic E-state index is 11.2. The first kappa shape index (κ1) is 8.13. The van der Waals surface area contributed by atoms with Crippen molar-refractivity contribution in [2.45, 2.75) is 32.2 Å². The number of rotatable bonds is 2. The van der Waals surface area contributed by atoms with Gasteiger partial charge in [-0.1, -0.05) is 12.3 Å². The molecule has 0 saturated heterocycles. The maximum atomic E-state index is 11.2. The summed E-state index contributed by atoms with van der Waals surface area (Å²) < 4.78 is 0. The smallest absolute Gasteiger partial charge is 0.224 e. The standard InChI is InChI=1S/C9H13NO/c1-3-7(2)10-9(11)8-5-4-6-8/h1,7-8H,4-6H2,2H3,(H,10,11). The Morgan fingerprint density at radius 2 is 2.36 bits per heavy atom. The Balaban J connectivity index is 2.26. The molecule has 1 unspecified atom stereocenters. The van der Waals surface area contributed by atoms with Crippen LogP contribution in [-0.2, 0) is 4.79 Å². The third kappa shape index (κ3) is 1.98. The molecular weight excluding hydrogens is 138 g/mol. The van der Waals surface area contributed by atoms with E-state index in [2.05, 4.69) is 11.2 Å². The van der Waals surface area contributed by atoms with Gasteiger partial charge in [-0.25, -0.2) is 0 Å². The van der Waals surface area contributed by atoms with Crippen molar-refractivity contribution in [2.24, 2.45) is 5.92 Å². The van der Waals surface area contributed by atoms with Crippen LogP contribution < -0.4 is 5.32 Å². The van der Waals surface area contributed by atoms with Gasteiger partial charge in [0.1, 0.15) is 0 Å². The third-order valence-corrected chi connectivity index (χ3v) is 2.08. The van der Waals surface area contributed by atoms with Crippen molar-refractivity contribution < 1.29 is 4.79 Å². The van der Waals surface area contributed by atoms with Crippen molar-refractivity contribution in [3.8, 4) is 12.3 Å². The second-order valence-electron chi connectivity index (χ2n) is 3.02. The van der Waals surface area contributed by atoms with Gasteiger partial charge in [-0.3, -0.25) is 4.79 Å². The molecule has 1 aliphatic carbocycles. The quantitative estimate of drug-likeness (QED) is 0.584. The Morgan fingerprint density at radius 1 is 1.73 bits per heavy atom. The first-order chi connectivity index (χ1) is 5.24. The van der Waals surface area contributed by atoms with Crippen LogP contribution in [0.1, 0.15) is 26.2 Å². The highest BCUT2D eigenvalue weighted by molar-refractivity contribution is 5.79. The molecule has 0 bridgehead atoms. The van der Waals surface area contributed by atoms with E-state index in [4.69, 9.17) is 6.42 Å². The molecule has 0 heterocycles. The van der Waals surface area contributed by atoms with E-state index >= 15 is 0 Å². The summed E-state index contributed by atoms with van der Waals surface area (Å²) in [5, 5.41) is 2.76. The van der Waals surface area contributed by atoms with Gasteiger partial charge in [-0.05, 0) is 19.8 Å². The SMILES string of the molecule is C#CC(C)NC(=O)C1CCC1. The van der Waals surface area contributed by atoms with E-state index in [0.29, 0.717) is 0 Å². The van der Waals surface area contributed by atoms with E-state index in [1.807, 2.05) is 6.92 Å². The largest absolute Gasteiger partial charge is 0.343 e.